The quantitative estimate of drug-likeness (QED) is 0.354. The van der Waals surface area contributed by atoms with Gasteiger partial charge in [0.25, 0.3) is 0 Å². The van der Waals surface area contributed by atoms with Crippen LogP contribution in [-0.2, 0) is 18.5 Å². The minimum atomic E-state index is -1.08. The van der Waals surface area contributed by atoms with E-state index in [-0.39, 0.29) is 0 Å². The molecule has 0 amide bonds. The molecule has 2 heterocycles. The van der Waals surface area contributed by atoms with Crippen LogP contribution >= 0.6 is 27.5 Å². The van der Waals surface area contributed by atoms with Gasteiger partial charge in [-0.2, -0.15) is 10.1 Å². The van der Waals surface area contributed by atoms with Gasteiger partial charge < -0.3 is 10.1 Å². The molecule has 2 aromatic heterocycles. The largest absolute Gasteiger partial charge is 0.360 e. The van der Waals surface area contributed by atoms with Crippen LogP contribution in [-0.4, -0.2) is 39.2 Å². The Morgan fingerprint density at radius 2 is 2.07 bits per heavy atom. The maximum Gasteiger partial charge on any atom is 0.226 e. The smallest absolute Gasteiger partial charge is 0.226 e. The van der Waals surface area contributed by atoms with Crippen molar-refractivity contribution in [1.29, 1.82) is 0 Å². The summed E-state index contributed by atoms with van der Waals surface area (Å²) in [6, 6.07) is 6.92. The van der Waals surface area contributed by atoms with Crippen molar-refractivity contribution < 1.29 is 4.74 Å². The number of aromatic nitrogens is 5. The molecule has 3 aromatic rings. The lowest BCUT2D eigenvalue weighted by molar-refractivity contribution is 0.0786. The van der Waals surface area contributed by atoms with Gasteiger partial charge >= 0.3 is 0 Å². The van der Waals surface area contributed by atoms with E-state index in [0.29, 0.717) is 22.4 Å². The molecule has 0 fully saturated rings. The Bertz CT molecular complexity index is 952. The van der Waals surface area contributed by atoms with Gasteiger partial charge in [-0.05, 0) is 34.1 Å². The molecule has 0 atom stereocenters. The van der Waals surface area contributed by atoms with Gasteiger partial charge in [-0.15, -0.1) is 5.10 Å². The molecular formula is C18H24BrClN6OSi. The maximum absolute atomic E-state index is 6.51. The van der Waals surface area contributed by atoms with Crippen LogP contribution in [0.1, 0.15) is 0 Å². The van der Waals surface area contributed by atoms with Gasteiger partial charge in [0.2, 0.25) is 10.7 Å². The second-order valence-electron chi connectivity index (χ2n) is 7.76. The summed E-state index contributed by atoms with van der Waals surface area (Å²) in [5, 5.41) is 12.4. The number of ether oxygens (including phenoxy) is 1. The summed E-state index contributed by atoms with van der Waals surface area (Å²) in [5.74, 6) is 0.624. The molecule has 0 bridgehead atoms. The third-order valence-electron chi connectivity index (χ3n) is 4.13. The van der Waals surface area contributed by atoms with Crippen molar-refractivity contribution in [2.24, 2.45) is 7.05 Å². The number of hydrogen-bond donors (Lipinski definition) is 1. The van der Waals surface area contributed by atoms with Gasteiger partial charge in [-0.25, -0.2) is 9.36 Å². The first-order valence-electron chi connectivity index (χ1n) is 8.95. The van der Waals surface area contributed by atoms with E-state index >= 15 is 0 Å². The number of anilines is 2. The Kier molecular flexibility index (Phi) is 6.59. The summed E-state index contributed by atoms with van der Waals surface area (Å²) in [6.07, 6.45) is 3.75. The minimum absolute atomic E-state index is 0.447. The van der Waals surface area contributed by atoms with Crippen molar-refractivity contribution in [2.75, 3.05) is 11.9 Å². The molecule has 3 rings (SSSR count). The second kappa shape index (κ2) is 8.77. The normalized spacial score (nSPS) is 11.8. The molecular weight excluding hydrogens is 460 g/mol. The highest BCUT2D eigenvalue weighted by molar-refractivity contribution is 9.10. The second-order valence-corrected chi connectivity index (χ2v) is 14.5. The van der Waals surface area contributed by atoms with Crippen molar-refractivity contribution in [1.82, 2.24) is 24.5 Å². The fourth-order valence-electron chi connectivity index (χ4n) is 2.53. The molecule has 0 spiro atoms. The zero-order valence-electron chi connectivity index (χ0n) is 16.4. The number of benzene rings is 1. The highest BCUT2D eigenvalue weighted by Gasteiger charge is 2.13. The zero-order chi connectivity index (χ0) is 20.3. The van der Waals surface area contributed by atoms with Crippen molar-refractivity contribution >= 4 is 47.2 Å². The van der Waals surface area contributed by atoms with E-state index < -0.39 is 8.07 Å². The number of nitrogens with zero attached hydrogens (tertiary/aromatic N) is 5. The summed E-state index contributed by atoms with van der Waals surface area (Å²) in [4.78, 5) is 4.26. The van der Waals surface area contributed by atoms with Gasteiger partial charge in [-0.3, -0.25) is 0 Å². The van der Waals surface area contributed by atoms with Crippen LogP contribution in [0.2, 0.25) is 30.7 Å². The number of hydrogen-bond acceptors (Lipinski definition) is 5. The Morgan fingerprint density at radius 1 is 1.29 bits per heavy atom. The third-order valence-corrected chi connectivity index (χ3v) is 6.48. The van der Waals surface area contributed by atoms with E-state index in [2.05, 4.69) is 56.1 Å². The topological polar surface area (TPSA) is 69.8 Å². The third kappa shape index (κ3) is 5.66. The molecule has 28 heavy (non-hydrogen) atoms. The van der Waals surface area contributed by atoms with Crippen molar-refractivity contribution in [3.05, 3.63) is 40.3 Å². The average Bonchev–Trinajstić information content (AvgIpc) is 3.17. The van der Waals surface area contributed by atoms with Gasteiger partial charge in [0, 0.05) is 44.7 Å². The molecule has 1 N–H and O–H groups in total. The molecule has 0 unspecified atom stereocenters. The number of aryl methyl sites for hydroxylation is 1. The van der Waals surface area contributed by atoms with Crippen LogP contribution in [0.4, 0.5) is 11.6 Å². The number of rotatable bonds is 8. The predicted molar refractivity (Wildman–Crippen MR) is 119 cm³/mol. The number of halogens is 2. The highest BCUT2D eigenvalue weighted by Crippen LogP contribution is 2.31. The Hall–Kier alpha value is -1.68. The summed E-state index contributed by atoms with van der Waals surface area (Å²) < 4.78 is 9.72. The molecule has 0 aliphatic carbocycles. The summed E-state index contributed by atoms with van der Waals surface area (Å²) >= 11 is 9.77. The highest BCUT2D eigenvalue weighted by atomic mass is 79.9. The molecule has 10 heteroatoms. The van der Waals surface area contributed by atoms with E-state index in [9.17, 15) is 0 Å². The SMILES string of the molecule is Cn1nc(Br)nc1Nc1ccc(-c2cnn(COCC[Si](C)(C)C)c2)c(Cl)c1. The molecule has 0 aliphatic heterocycles. The first-order valence-corrected chi connectivity index (χ1v) is 13.8. The zero-order valence-corrected chi connectivity index (χ0v) is 19.8. The van der Waals surface area contributed by atoms with E-state index in [0.717, 1.165) is 29.5 Å². The monoisotopic (exact) mass is 482 g/mol. The predicted octanol–water partition coefficient (Wildman–Crippen LogP) is 5.15. The fourth-order valence-corrected chi connectivity index (χ4v) is 3.98. The molecule has 0 saturated heterocycles. The lowest BCUT2D eigenvalue weighted by Gasteiger charge is -2.15. The summed E-state index contributed by atoms with van der Waals surface area (Å²) in [5.41, 5.74) is 2.70. The molecule has 7 nitrogen and oxygen atoms in total. The molecule has 0 radical (unpaired) electrons. The van der Waals surface area contributed by atoms with E-state index in [1.54, 1.807) is 15.6 Å². The van der Waals surface area contributed by atoms with Crippen molar-refractivity contribution in [3.63, 3.8) is 0 Å². The summed E-state index contributed by atoms with van der Waals surface area (Å²) in [7, 11) is 0.739. The van der Waals surface area contributed by atoms with Gasteiger partial charge in [0.15, 0.2) is 0 Å². The molecule has 0 aliphatic rings. The van der Waals surface area contributed by atoms with Crippen LogP contribution in [0.25, 0.3) is 11.1 Å². The van der Waals surface area contributed by atoms with Gasteiger partial charge in [-0.1, -0.05) is 37.3 Å². The van der Waals surface area contributed by atoms with E-state index in [1.807, 2.05) is 31.4 Å². The number of nitrogens with one attached hydrogen (secondary N) is 1. The maximum atomic E-state index is 6.51. The average molecular weight is 484 g/mol. The molecule has 150 valence electrons. The Balaban J connectivity index is 1.64. The van der Waals surface area contributed by atoms with Crippen molar-refractivity contribution in [3.8, 4) is 11.1 Å². The van der Waals surface area contributed by atoms with Crippen LogP contribution in [0.3, 0.4) is 0 Å². The first kappa shape index (κ1) is 21.0. The molecule has 1 aromatic carbocycles. The standard InChI is InChI=1S/C18H24BrClN6OSi/c1-25-18(23-17(19)24-25)22-14-5-6-15(16(20)9-14)13-10-21-26(11-13)12-27-7-8-28(2,3)4/h5-6,9-11H,7-8,12H2,1-4H3,(H,22,23,24). The van der Waals surface area contributed by atoms with E-state index in [1.165, 1.54) is 0 Å². The van der Waals surface area contributed by atoms with Gasteiger partial charge in [0.05, 0.1) is 11.2 Å². The Labute approximate surface area is 179 Å². The lowest BCUT2D eigenvalue weighted by Crippen LogP contribution is -2.22. The van der Waals surface area contributed by atoms with Crippen molar-refractivity contribution in [2.45, 2.75) is 32.4 Å². The van der Waals surface area contributed by atoms with Crippen LogP contribution < -0.4 is 5.32 Å². The molecule has 0 saturated carbocycles. The van der Waals surface area contributed by atoms with E-state index in [4.69, 9.17) is 16.3 Å². The van der Waals surface area contributed by atoms with Crippen LogP contribution in [0.5, 0.6) is 0 Å². The minimum Gasteiger partial charge on any atom is -0.360 e. The summed E-state index contributed by atoms with van der Waals surface area (Å²) in [6.45, 7) is 8.23. The Morgan fingerprint density at radius 3 is 2.71 bits per heavy atom. The fraction of sp³-hybridized carbons (Fsp3) is 0.389. The van der Waals surface area contributed by atoms with Gasteiger partial charge in [0.1, 0.15) is 6.73 Å². The van der Waals surface area contributed by atoms with Crippen LogP contribution in [0, 0.1) is 0 Å². The van der Waals surface area contributed by atoms with Crippen LogP contribution in [0.15, 0.2) is 35.3 Å². The first-order chi connectivity index (χ1) is 13.2. The lowest BCUT2D eigenvalue weighted by atomic mass is 10.1.